The highest BCUT2D eigenvalue weighted by Gasteiger charge is 2.34. The quantitative estimate of drug-likeness (QED) is 0.757. The molecular weight excluding hydrogens is 330 g/mol. The Balaban J connectivity index is 2.02. The van der Waals surface area contributed by atoms with Crippen LogP contribution in [0.2, 0.25) is 0 Å². The van der Waals surface area contributed by atoms with Crippen LogP contribution in [0.1, 0.15) is 56.7 Å². The Labute approximate surface area is 155 Å². The standard InChI is InChI=1S/C20H31N3O3/c1-14(6-7-15(2)19(26)22(5)8-9-24)12-23-13-21-16-10-20(3,4)11-17(25)18(16)23/h6,13,15,24H,7-12H2,1-5H3/b14-6+. The van der Waals surface area contributed by atoms with Gasteiger partial charge in [-0.05, 0) is 25.2 Å². The number of carbonyl (C=O) groups is 2. The van der Waals surface area contributed by atoms with Gasteiger partial charge in [0.15, 0.2) is 5.78 Å². The van der Waals surface area contributed by atoms with Crippen molar-refractivity contribution in [2.45, 2.75) is 53.5 Å². The van der Waals surface area contributed by atoms with Crippen LogP contribution in [0.25, 0.3) is 0 Å². The fourth-order valence-corrected chi connectivity index (χ4v) is 3.48. The van der Waals surface area contributed by atoms with Gasteiger partial charge in [0.2, 0.25) is 5.91 Å². The third-order valence-corrected chi connectivity index (χ3v) is 4.94. The summed E-state index contributed by atoms with van der Waals surface area (Å²) >= 11 is 0. The molecule has 0 aliphatic heterocycles. The van der Waals surface area contributed by atoms with Gasteiger partial charge in [0.05, 0.1) is 18.6 Å². The van der Waals surface area contributed by atoms with E-state index in [1.165, 1.54) is 0 Å². The number of rotatable bonds is 7. The molecule has 26 heavy (non-hydrogen) atoms. The number of nitrogens with zero attached hydrogens (tertiary/aromatic N) is 3. The van der Waals surface area contributed by atoms with Crippen molar-refractivity contribution in [2.24, 2.45) is 11.3 Å². The largest absolute Gasteiger partial charge is 0.395 e. The summed E-state index contributed by atoms with van der Waals surface area (Å²) in [5.41, 5.74) is 2.72. The van der Waals surface area contributed by atoms with Crippen LogP contribution in [-0.4, -0.2) is 51.4 Å². The average Bonchev–Trinajstić information content (AvgIpc) is 2.93. The van der Waals surface area contributed by atoms with Crippen molar-refractivity contribution < 1.29 is 14.7 Å². The first-order valence-corrected chi connectivity index (χ1v) is 9.23. The Morgan fingerprint density at radius 2 is 2.15 bits per heavy atom. The molecule has 0 saturated carbocycles. The fourth-order valence-electron chi connectivity index (χ4n) is 3.48. The Morgan fingerprint density at radius 3 is 2.81 bits per heavy atom. The summed E-state index contributed by atoms with van der Waals surface area (Å²) in [6, 6.07) is 0. The number of hydrogen-bond acceptors (Lipinski definition) is 4. The molecule has 6 nitrogen and oxygen atoms in total. The summed E-state index contributed by atoms with van der Waals surface area (Å²) < 4.78 is 1.93. The zero-order chi connectivity index (χ0) is 19.5. The summed E-state index contributed by atoms with van der Waals surface area (Å²) in [5, 5.41) is 8.94. The molecule has 144 valence electrons. The number of likely N-dealkylation sites (N-methyl/N-ethyl adjacent to an activating group) is 1. The lowest BCUT2D eigenvalue weighted by molar-refractivity contribution is -0.134. The zero-order valence-electron chi connectivity index (χ0n) is 16.6. The van der Waals surface area contributed by atoms with Crippen molar-refractivity contribution in [2.75, 3.05) is 20.2 Å². The van der Waals surface area contributed by atoms with Gasteiger partial charge in [0.1, 0.15) is 5.69 Å². The molecular formula is C20H31N3O3. The molecule has 1 aromatic rings. The number of ketones is 1. The maximum atomic E-state index is 12.5. The second kappa shape index (κ2) is 8.16. The summed E-state index contributed by atoms with van der Waals surface area (Å²) in [6.07, 6.45) is 5.83. The van der Waals surface area contributed by atoms with Gasteiger partial charge in [-0.1, -0.05) is 32.4 Å². The highest BCUT2D eigenvalue weighted by molar-refractivity contribution is 5.97. The van der Waals surface area contributed by atoms with E-state index in [-0.39, 0.29) is 29.6 Å². The van der Waals surface area contributed by atoms with Crippen molar-refractivity contribution >= 4 is 11.7 Å². The first kappa shape index (κ1) is 20.4. The normalized spacial score (nSPS) is 17.8. The smallest absolute Gasteiger partial charge is 0.225 e. The van der Waals surface area contributed by atoms with Gasteiger partial charge in [0.25, 0.3) is 0 Å². The Morgan fingerprint density at radius 1 is 1.46 bits per heavy atom. The molecule has 0 spiro atoms. The van der Waals surface area contributed by atoms with Gasteiger partial charge in [-0.25, -0.2) is 4.98 Å². The molecule has 2 rings (SSSR count). The van der Waals surface area contributed by atoms with E-state index in [0.717, 1.165) is 23.4 Å². The first-order chi connectivity index (χ1) is 12.1. The Bertz CT molecular complexity index is 703. The molecule has 0 fully saturated rings. The van der Waals surface area contributed by atoms with Crippen LogP contribution in [0.3, 0.4) is 0 Å². The number of Topliss-reactive ketones (excluding diaryl/α,β-unsaturated/α-hetero) is 1. The van der Waals surface area contributed by atoms with Crippen molar-refractivity contribution in [3.63, 3.8) is 0 Å². The maximum Gasteiger partial charge on any atom is 0.225 e. The van der Waals surface area contributed by atoms with Gasteiger partial charge in [-0.2, -0.15) is 0 Å². The molecule has 0 aromatic carbocycles. The lowest BCUT2D eigenvalue weighted by Gasteiger charge is -2.28. The van der Waals surface area contributed by atoms with Crippen LogP contribution < -0.4 is 0 Å². The predicted molar refractivity (Wildman–Crippen MR) is 101 cm³/mol. The van der Waals surface area contributed by atoms with E-state index in [0.29, 0.717) is 25.9 Å². The van der Waals surface area contributed by atoms with Crippen molar-refractivity contribution in [3.8, 4) is 0 Å². The minimum Gasteiger partial charge on any atom is -0.395 e. The number of amides is 1. The summed E-state index contributed by atoms with van der Waals surface area (Å²) in [6.45, 7) is 9.05. The lowest BCUT2D eigenvalue weighted by atomic mass is 9.77. The molecule has 0 saturated heterocycles. The average molecular weight is 361 g/mol. The van der Waals surface area contributed by atoms with Crippen LogP contribution in [0.4, 0.5) is 0 Å². The van der Waals surface area contributed by atoms with E-state index in [2.05, 4.69) is 24.9 Å². The van der Waals surface area contributed by atoms with Crippen molar-refractivity contribution in [1.82, 2.24) is 14.5 Å². The lowest BCUT2D eigenvalue weighted by Crippen LogP contribution is -2.33. The number of aromatic nitrogens is 2. The van der Waals surface area contributed by atoms with Crippen LogP contribution >= 0.6 is 0 Å². The summed E-state index contributed by atoms with van der Waals surface area (Å²) in [7, 11) is 1.70. The molecule has 1 N–H and O–H groups in total. The van der Waals surface area contributed by atoms with Crippen LogP contribution in [0.5, 0.6) is 0 Å². The van der Waals surface area contributed by atoms with Crippen LogP contribution in [-0.2, 0) is 17.8 Å². The van der Waals surface area contributed by atoms with E-state index in [9.17, 15) is 9.59 Å². The summed E-state index contributed by atoms with van der Waals surface area (Å²) in [5.74, 6) is 0.0527. The third-order valence-electron chi connectivity index (χ3n) is 4.94. The van der Waals surface area contributed by atoms with E-state index in [1.54, 1.807) is 18.3 Å². The third kappa shape index (κ3) is 4.81. The molecule has 0 bridgehead atoms. The highest BCUT2D eigenvalue weighted by atomic mass is 16.3. The fraction of sp³-hybridized carbons (Fsp3) is 0.650. The van der Waals surface area contributed by atoms with E-state index < -0.39 is 0 Å². The van der Waals surface area contributed by atoms with Gasteiger partial charge in [-0.3, -0.25) is 9.59 Å². The summed E-state index contributed by atoms with van der Waals surface area (Å²) in [4.78, 5) is 30.7. The molecule has 0 radical (unpaired) electrons. The molecule has 1 unspecified atom stereocenters. The van der Waals surface area contributed by atoms with Gasteiger partial charge >= 0.3 is 0 Å². The molecule has 1 heterocycles. The molecule has 1 amide bonds. The number of aliphatic hydroxyl groups excluding tert-OH is 1. The zero-order valence-corrected chi connectivity index (χ0v) is 16.6. The molecule has 1 aliphatic rings. The number of carbonyl (C=O) groups excluding carboxylic acids is 2. The second-order valence-corrected chi connectivity index (χ2v) is 8.28. The van der Waals surface area contributed by atoms with Crippen LogP contribution in [0.15, 0.2) is 18.0 Å². The van der Waals surface area contributed by atoms with Crippen molar-refractivity contribution in [1.29, 1.82) is 0 Å². The molecule has 6 heteroatoms. The van der Waals surface area contributed by atoms with E-state index in [4.69, 9.17) is 5.11 Å². The minimum atomic E-state index is -0.138. The number of imidazole rings is 1. The van der Waals surface area contributed by atoms with E-state index >= 15 is 0 Å². The van der Waals surface area contributed by atoms with Crippen molar-refractivity contribution in [3.05, 3.63) is 29.4 Å². The van der Waals surface area contributed by atoms with Gasteiger partial charge < -0.3 is 14.6 Å². The number of aliphatic hydroxyl groups is 1. The SMILES string of the molecule is C/C(=C\CC(C)C(=O)N(C)CCO)Cn1cnc2c1C(=O)CC(C)(C)C2. The number of hydrogen-bond donors (Lipinski definition) is 1. The molecule has 1 aromatic heterocycles. The Kier molecular flexibility index (Phi) is 6.39. The maximum absolute atomic E-state index is 12.5. The molecule has 1 aliphatic carbocycles. The monoisotopic (exact) mass is 361 g/mol. The molecule has 1 atom stereocenters. The number of fused-ring (bicyclic) bond motifs is 1. The number of allylic oxidation sites excluding steroid dienone is 2. The first-order valence-electron chi connectivity index (χ1n) is 9.23. The van der Waals surface area contributed by atoms with Gasteiger partial charge in [0, 0.05) is 32.5 Å². The van der Waals surface area contributed by atoms with Crippen LogP contribution in [0, 0.1) is 11.3 Å². The second-order valence-electron chi connectivity index (χ2n) is 8.28. The van der Waals surface area contributed by atoms with E-state index in [1.807, 2.05) is 18.4 Å². The Hall–Kier alpha value is -1.95. The minimum absolute atomic E-state index is 0.0233. The van der Waals surface area contributed by atoms with Gasteiger partial charge in [-0.15, -0.1) is 0 Å². The predicted octanol–water partition coefficient (Wildman–Crippen LogP) is 2.46. The topological polar surface area (TPSA) is 75.4 Å². The highest BCUT2D eigenvalue weighted by Crippen LogP contribution is 2.34.